The highest BCUT2D eigenvalue weighted by molar-refractivity contribution is 5.56. The second-order valence-electron chi connectivity index (χ2n) is 4.22. The minimum absolute atomic E-state index is 0.623. The van der Waals surface area contributed by atoms with E-state index in [1.807, 2.05) is 49.4 Å². The van der Waals surface area contributed by atoms with E-state index in [2.05, 4.69) is 11.4 Å². The van der Waals surface area contributed by atoms with Gasteiger partial charge >= 0.3 is 0 Å². The molecule has 0 atom stereocenters. The smallest absolute Gasteiger partial charge is 0.119 e. The van der Waals surface area contributed by atoms with Crippen LogP contribution in [0.4, 0.5) is 11.4 Å². The predicted molar refractivity (Wildman–Crippen MR) is 76.0 cm³/mol. The average Bonchev–Trinajstić information content (AvgIpc) is 2.35. The van der Waals surface area contributed by atoms with Gasteiger partial charge in [-0.3, -0.25) is 0 Å². The molecule has 3 heteroatoms. The van der Waals surface area contributed by atoms with Crippen LogP contribution in [0, 0.1) is 6.92 Å². The van der Waals surface area contributed by atoms with Crippen LogP contribution in [-0.2, 0) is 0 Å². The molecule has 0 aliphatic carbocycles. The number of hydrogen-bond donors (Lipinski definition) is 2. The molecule has 0 radical (unpaired) electrons. The van der Waals surface area contributed by atoms with E-state index in [0.717, 1.165) is 29.2 Å². The minimum Gasteiger partial charge on any atom is -0.492 e. The number of nitrogens with one attached hydrogen (secondary N) is 1. The van der Waals surface area contributed by atoms with Crippen LogP contribution in [0.5, 0.6) is 5.75 Å². The molecule has 3 nitrogen and oxygen atoms in total. The summed E-state index contributed by atoms with van der Waals surface area (Å²) in [6.07, 6.45) is 0. The first-order valence-corrected chi connectivity index (χ1v) is 6.03. The maximum absolute atomic E-state index is 5.78. The van der Waals surface area contributed by atoms with Crippen molar-refractivity contribution >= 4 is 11.4 Å². The molecular formula is C15H18N2O. The molecule has 0 aliphatic rings. The van der Waals surface area contributed by atoms with Gasteiger partial charge in [0.15, 0.2) is 0 Å². The van der Waals surface area contributed by atoms with Gasteiger partial charge in [-0.2, -0.15) is 0 Å². The van der Waals surface area contributed by atoms with Gasteiger partial charge in [0.25, 0.3) is 0 Å². The lowest BCUT2D eigenvalue weighted by molar-refractivity contribution is 0.333. The predicted octanol–water partition coefficient (Wildman–Crippen LogP) is 3.07. The number of benzene rings is 2. The van der Waals surface area contributed by atoms with Crippen molar-refractivity contribution in [3.8, 4) is 5.75 Å². The van der Waals surface area contributed by atoms with Crippen molar-refractivity contribution in [2.24, 2.45) is 0 Å². The molecule has 0 amide bonds. The van der Waals surface area contributed by atoms with Crippen LogP contribution >= 0.6 is 0 Å². The number of ether oxygens (including phenoxy) is 1. The molecule has 2 rings (SSSR count). The van der Waals surface area contributed by atoms with Crippen LogP contribution < -0.4 is 15.8 Å². The van der Waals surface area contributed by atoms with Crippen molar-refractivity contribution in [2.75, 3.05) is 24.2 Å². The van der Waals surface area contributed by atoms with Crippen LogP contribution in [0.3, 0.4) is 0 Å². The Hall–Kier alpha value is -2.16. The van der Waals surface area contributed by atoms with E-state index in [0.29, 0.717) is 6.61 Å². The summed E-state index contributed by atoms with van der Waals surface area (Å²) < 4.78 is 5.59. The van der Waals surface area contributed by atoms with E-state index < -0.39 is 0 Å². The Labute approximate surface area is 108 Å². The molecule has 3 N–H and O–H groups in total. The van der Waals surface area contributed by atoms with Gasteiger partial charge in [-0.05, 0) is 42.8 Å². The second-order valence-corrected chi connectivity index (χ2v) is 4.22. The van der Waals surface area contributed by atoms with Crippen LogP contribution in [0.15, 0.2) is 48.5 Å². The maximum Gasteiger partial charge on any atom is 0.119 e. The zero-order valence-corrected chi connectivity index (χ0v) is 10.5. The Morgan fingerprint density at radius 3 is 2.61 bits per heavy atom. The standard InChI is InChI=1S/C15H18N2O/c1-12-9-13(16)11-14(10-12)17-7-8-18-15-5-3-2-4-6-15/h2-6,9-11,17H,7-8,16H2,1H3. The van der Waals surface area contributed by atoms with Gasteiger partial charge in [0, 0.05) is 17.9 Å². The lowest BCUT2D eigenvalue weighted by Gasteiger charge is -2.09. The number of para-hydroxylation sites is 1. The summed E-state index contributed by atoms with van der Waals surface area (Å²) in [5.74, 6) is 0.892. The quantitative estimate of drug-likeness (QED) is 0.625. The third-order valence-corrected chi connectivity index (χ3v) is 2.54. The summed E-state index contributed by atoms with van der Waals surface area (Å²) >= 11 is 0. The highest BCUT2D eigenvalue weighted by Gasteiger charge is 1.96. The Bertz CT molecular complexity index is 477. The second kappa shape index (κ2) is 5.96. The first-order chi connectivity index (χ1) is 8.74. The topological polar surface area (TPSA) is 47.3 Å². The molecule has 0 spiro atoms. The molecule has 0 unspecified atom stereocenters. The minimum atomic E-state index is 0.623. The van der Waals surface area contributed by atoms with Crippen molar-refractivity contribution in [1.82, 2.24) is 0 Å². The van der Waals surface area contributed by atoms with Crippen LogP contribution in [0.25, 0.3) is 0 Å². The fraction of sp³-hybridized carbons (Fsp3) is 0.200. The number of rotatable bonds is 5. The van der Waals surface area contributed by atoms with Crippen LogP contribution in [0.1, 0.15) is 5.56 Å². The SMILES string of the molecule is Cc1cc(N)cc(NCCOc2ccccc2)c1. The Morgan fingerprint density at radius 1 is 1.11 bits per heavy atom. The number of hydrogen-bond acceptors (Lipinski definition) is 3. The van der Waals surface area contributed by atoms with E-state index in [4.69, 9.17) is 10.5 Å². The molecule has 2 aromatic carbocycles. The highest BCUT2D eigenvalue weighted by Crippen LogP contribution is 2.15. The fourth-order valence-electron chi connectivity index (χ4n) is 1.80. The molecule has 0 bridgehead atoms. The molecule has 2 aromatic rings. The van der Waals surface area contributed by atoms with Gasteiger partial charge in [-0.1, -0.05) is 18.2 Å². The molecule has 0 heterocycles. The summed E-state index contributed by atoms with van der Waals surface area (Å²) in [5, 5.41) is 3.29. The summed E-state index contributed by atoms with van der Waals surface area (Å²) in [6, 6.07) is 15.7. The molecule has 0 saturated carbocycles. The maximum atomic E-state index is 5.78. The van der Waals surface area contributed by atoms with Crippen LogP contribution in [-0.4, -0.2) is 13.2 Å². The highest BCUT2D eigenvalue weighted by atomic mass is 16.5. The van der Waals surface area contributed by atoms with E-state index in [1.54, 1.807) is 0 Å². The lowest BCUT2D eigenvalue weighted by atomic mass is 10.2. The Balaban J connectivity index is 1.78. The fourth-order valence-corrected chi connectivity index (χ4v) is 1.80. The van der Waals surface area contributed by atoms with Gasteiger partial charge in [-0.25, -0.2) is 0 Å². The van der Waals surface area contributed by atoms with Crippen molar-refractivity contribution in [3.63, 3.8) is 0 Å². The molecule has 0 aromatic heterocycles. The molecule has 0 saturated heterocycles. The van der Waals surface area contributed by atoms with Gasteiger partial charge < -0.3 is 15.8 Å². The molecule has 0 aliphatic heterocycles. The van der Waals surface area contributed by atoms with Gasteiger partial charge in [0.05, 0.1) is 0 Å². The van der Waals surface area contributed by atoms with Crippen molar-refractivity contribution in [1.29, 1.82) is 0 Å². The largest absolute Gasteiger partial charge is 0.492 e. The number of anilines is 2. The van der Waals surface area contributed by atoms with Crippen molar-refractivity contribution in [3.05, 3.63) is 54.1 Å². The third-order valence-electron chi connectivity index (χ3n) is 2.54. The van der Waals surface area contributed by atoms with E-state index in [9.17, 15) is 0 Å². The number of aryl methyl sites for hydroxylation is 1. The van der Waals surface area contributed by atoms with Crippen molar-refractivity contribution in [2.45, 2.75) is 6.92 Å². The first kappa shape index (κ1) is 12.3. The Kier molecular flexibility index (Phi) is 4.07. The van der Waals surface area contributed by atoms with Gasteiger partial charge in [0.2, 0.25) is 0 Å². The number of nitrogens with two attached hydrogens (primary N) is 1. The molecule has 18 heavy (non-hydrogen) atoms. The lowest BCUT2D eigenvalue weighted by Crippen LogP contribution is -2.11. The van der Waals surface area contributed by atoms with Gasteiger partial charge in [-0.15, -0.1) is 0 Å². The van der Waals surface area contributed by atoms with Crippen molar-refractivity contribution < 1.29 is 4.74 Å². The zero-order valence-electron chi connectivity index (χ0n) is 10.5. The number of nitrogen functional groups attached to an aromatic ring is 1. The monoisotopic (exact) mass is 242 g/mol. The summed E-state index contributed by atoms with van der Waals surface area (Å²) in [6.45, 7) is 3.40. The average molecular weight is 242 g/mol. The van der Waals surface area contributed by atoms with Gasteiger partial charge in [0.1, 0.15) is 12.4 Å². The van der Waals surface area contributed by atoms with Crippen LogP contribution in [0.2, 0.25) is 0 Å². The van der Waals surface area contributed by atoms with E-state index >= 15 is 0 Å². The van der Waals surface area contributed by atoms with E-state index in [-0.39, 0.29) is 0 Å². The summed E-state index contributed by atoms with van der Waals surface area (Å²) in [4.78, 5) is 0. The summed E-state index contributed by atoms with van der Waals surface area (Å²) in [5.41, 5.74) is 8.75. The first-order valence-electron chi connectivity index (χ1n) is 6.03. The zero-order chi connectivity index (χ0) is 12.8. The Morgan fingerprint density at radius 2 is 1.89 bits per heavy atom. The summed E-state index contributed by atoms with van der Waals surface area (Å²) in [7, 11) is 0. The van der Waals surface area contributed by atoms with E-state index in [1.165, 1.54) is 0 Å². The normalized spacial score (nSPS) is 10.1. The molecule has 94 valence electrons. The molecular weight excluding hydrogens is 224 g/mol. The molecule has 0 fully saturated rings. The third kappa shape index (κ3) is 3.70.